The highest BCUT2D eigenvalue weighted by molar-refractivity contribution is 4.71. The van der Waals surface area contributed by atoms with Crippen LogP contribution in [0, 0.1) is 10.1 Å². The summed E-state index contributed by atoms with van der Waals surface area (Å²) in [5.74, 6) is 0. The first-order valence-electron chi connectivity index (χ1n) is 3.95. The topological polar surface area (TPSA) is 78.6 Å². The molecule has 1 unspecified atom stereocenters. The van der Waals surface area contributed by atoms with E-state index in [0.717, 1.165) is 6.54 Å². The van der Waals surface area contributed by atoms with Gasteiger partial charge in [-0.05, 0) is 0 Å². The van der Waals surface area contributed by atoms with Crippen LogP contribution in [-0.4, -0.2) is 53.9 Å². The van der Waals surface area contributed by atoms with Crippen LogP contribution in [0.5, 0.6) is 0 Å². The Hall–Kier alpha value is -0.720. The van der Waals surface area contributed by atoms with Gasteiger partial charge in [0.05, 0.1) is 13.2 Å². The summed E-state index contributed by atoms with van der Waals surface area (Å²) in [5, 5.41) is 22.1. The van der Waals surface area contributed by atoms with Crippen LogP contribution >= 0.6 is 0 Å². The Morgan fingerprint density at radius 1 is 1.75 bits per heavy atom. The van der Waals surface area contributed by atoms with E-state index in [-0.39, 0.29) is 11.5 Å². The van der Waals surface area contributed by atoms with E-state index in [1.165, 1.54) is 0 Å². The van der Waals surface area contributed by atoms with Crippen molar-refractivity contribution in [3.05, 3.63) is 10.1 Å². The maximum Gasteiger partial charge on any atom is 0.280 e. The van der Waals surface area contributed by atoms with Gasteiger partial charge in [0.15, 0.2) is 0 Å². The summed E-state index contributed by atoms with van der Waals surface area (Å²) in [6.45, 7) is 2.11. The Bertz CT molecular complexity index is 162. The molecule has 0 aromatic rings. The summed E-state index contributed by atoms with van der Waals surface area (Å²) >= 11 is 0. The minimum Gasteiger partial charge on any atom is -0.395 e. The first-order chi connectivity index (χ1) is 5.75. The van der Waals surface area contributed by atoms with Gasteiger partial charge in [-0.3, -0.25) is 10.1 Å². The summed E-state index contributed by atoms with van der Waals surface area (Å²) < 4.78 is 0. The summed E-state index contributed by atoms with van der Waals surface area (Å²) in [6.07, 6.45) is -0.675. The molecule has 1 aliphatic rings. The van der Waals surface area contributed by atoms with Crippen LogP contribution in [0.4, 0.5) is 0 Å². The molecule has 1 aliphatic heterocycles. The molecule has 0 radical (unpaired) electrons. The summed E-state index contributed by atoms with van der Waals surface area (Å²) in [7, 11) is 0. The molecule has 1 atom stereocenters. The number of nitro groups is 1. The van der Waals surface area contributed by atoms with E-state index in [9.17, 15) is 10.1 Å². The number of piperazine rings is 1. The monoisotopic (exact) mass is 175 g/mol. The number of nitrogens with one attached hydrogen (secondary N) is 1. The van der Waals surface area contributed by atoms with Crippen LogP contribution < -0.4 is 5.32 Å². The summed E-state index contributed by atoms with van der Waals surface area (Å²) in [4.78, 5) is 11.8. The fourth-order valence-corrected chi connectivity index (χ4v) is 1.33. The zero-order chi connectivity index (χ0) is 8.97. The molecular formula is C6H13N3O3. The molecule has 6 nitrogen and oxygen atoms in total. The maximum absolute atomic E-state index is 10.5. The van der Waals surface area contributed by atoms with Gasteiger partial charge in [0.25, 0.3) is 6.17 Å². The van der Waals surface area contributed by atoms with Gasteiger partial charge in [0.2, 0.25) is 0 Å². The van der Waals surface area contributed by atoms with Crippen molar-refractivity contribution in [2.75, 3.05) is 32.8 Å². The maximum atomic E-state index is 10.5. The molecule has 1 fully saturated rings. The molecule has 0 spiro atoms. The van der Waals surface area contributed by atoms with E-state index in [1.807, 2.05) is 0 Å². The average molecular weight is 175 g/mol. The van der Waals surface area contributed by atoms with Gasteiger partial charge >= 0.3 is 0 Å². The lowest BCUT2D eigenvalue weighted by Gasteiger charge is -2.29. The molecule has 1 rings (SSSR count). The van der Waals surface area contributed by atoms with Crippen molar-refractivity contribution in [1.29, 1.82) is 0 Å². The van der Waals surface area contributed by atoms with Crippen molar-refractivity contribution in [2.24, 2.45) is 0 Å². The molecule has 0 amide bonds. The van der Waals surface area contributed by atoms with Crippen LogP contribution in [0.15, 0.2) is 0 Å². The Kier molecular flexibility index (Phi) is 3.39. The first kappa shape index (κ1) is 9.37. The van der Waals surface area contributed by atoms with Gasteiger partial charge in [0.1, 0.15) is 0 Å². The molecule has 0 aromatic heterocycles. The smallest absolute Gasteiger partial charge is 0.280 e. The predicted octanol–water partition coefficient (Wildman–Crippen LogP) is -1.51. The SMILES string of the molecule is O=[N+]([O-])C1CNCCN1CCO. The molecule has 1 saturated heterocycles. The van der Waals surface area contributed by atoms with Crippen LogP contribution in [0.3, 0.4) is 0 Å². The Morgan fingerprint density at radius 2 is 2.50 bits per heavy atom. The van der Waals surface area contributed by atoms with Crippen LogP contribution in [0.1, 0.15) is 0 Å². The number of hydrogen-bond acceptors (Lipinski definition) is 5. The third-order valence-corrected chi connectivity index (χ3v) is 1.95. The third kappa shape index (κ3) is 2.13. The minimum absolute atomic E-state index is 0.0235. The highest BCUT2D eigenvalue weighted by Gasteiger charge is 2.30. The van der Waals surface area contributed by atoms with Gasteiger partial charge < -0.3 is 10.4 Å². The Labute approximate surface area is 70.3 Å². The molecule has 1 heterocycles. The number of nitrogens with zero attached hydrogens (tertiary/aromatic N) is 2. The van der Waals surface area contributed by atoms with E-state index >= 15 is 0 Å². The second kappa shape index (κ2) is 4.34. The van der Waals surface area contributed by atoms with Crippen LogP contribution in [0.2, 0.25) is 0 Å². The minimum atomic E-state index is -0.675. The average Bonchev–Trinajstić information content (AvgIpc) is 2.05. The lowest BCUT2D eigenvalue weighted by atomic mass is 10.3. The molecule has 0 aromatic carbocycles. The molecule has 0 bridgehead atoms. The van der Waals surface area contributed by atoms with Gasteiger partial charge in [-0.15, -0.1) is 0 Å². The molecule has 0 saturated carbocycles. The standard InChI is InChI=1S/C6H13N3O3/c10-4-3-8-2-1-7-5-6(8)9(11)12/h6-7,10H,1-5H2. The van der Waals surface area contributed by atoms with E-state index < -0.39 is 6.17 Å². The van der Waals surface area contributed by atoms with E-state index in [0.29, 0.717) is 19.6 Å². The molecular weight excluding hydrogens is 162 g/mol. The van der Waals surface area contributed by atoms with Crippen molar-refractivity contribution in [3.8, 4) is 0 Å². The quantitative estimate of drug-likeness (QED) is 0.402. The van der Waals surface area contributed by atoms with Gasteiger partial charge in [-0.2, -0.15) is 0 Å². The predicted molar refractivity (Wildman–Crippen MR) is 42.3 cm³/mol. The van der Waals surface area contributed by atoms with E-state index in [1.54, 1.807) is 4.90 Å². The number of aliphatic hydroxyl groups excluding tert-OH is 1. The normalized spacial score (nSPS) is 25.6. The number of rotatable bonds is 3. The van der Waals surface area contributed by atoms with Crippen molar-refractivity contribution < 1.29 is 10.0 Å². The number of hydrogen-bond donors (Lipinski definition) is 2. The molecule has 70 valence electrons. The van der Waals surface area contributed by atoms with Crippen molar-refractivity contribution in [3.63, 3.8) is 0 Å². The van der Waals surface area contributed by atoms with Crippen LogP contribution in [-0.2, 0) is 0 Å². The van der Waals surface area contributed by atoms with Crippen molar-refractivity contribution in [1.82, 2.24) is 10.2 Å². The second-order valence-corrected chi connectivity index (χ2v) is 2.73. The van der Waals surface area contributed by atoms with E-state index in [4.69, 9.17) is 5.11 Å². The zero-order valence-electron chi connectivity index (χ0n) is 6.77. The second-order valence-electron chi connectivity index (χ2n) is 2.73. The van der Waals surface area contributed by atoms with Crippen molar-refractivity contribution >= 4 is 0 Å². The largest absolute Gasteiger partial charge is 0.395 e. The fraction of sp³-hybridized carbons (Fsp3) is 1.00. The van der Waals surface area contributed by atoms with E-state index in [2.05, 4.69) is 5.32 Å². The van der Waals surface area contributed by atoms with Crippen molar-refractivity contribution in [2.45, 2.75) is 6.17 Å². The van der Waals surface area contributed by atoms with Crippen LogP contribution in [0.25, 0.3) is 0 Å². The fourth-order valence-electron chi connectivity index (χ4n) is 1.33. The third-order valence-electron chi connectivity index (χ3n) is 1.95. The first-order valence-corrected chi connectivity index (χ1v) is 3.95. The summed E-state index contributed by atoms with van der Waals surface area (Å²) in [5.41, 5.74) is 0. The molecule has 0 aliphatic carbocycles. The zero-order valence-corrected chi connectivity index (χ0v) is 6.77. The summed E-state index contributed by atoms with van der Waals surface area (Å²) in [6, 6.07) is 0. The number of aliphatic hydroxyl groups is 1. The highest BCUT2D eigenvalue weighted by Crippen LogP contribution is 2.02. The van der Waals surface area contributed by atoms with Gasteiger partial charge in [-0.25, -0.2) is 4.90 Å². The molecule has 6 heteroatoms. The lowest BCUT2D eigenvalue weighted by Crippen LogP contribution is -2.55. The number of β-amino-alcohol motifs (C(OH)–C–C–N with tert-alkyl or cyclic N) is 1. The Balaban J connectivity index is 2.48. The highest BCUT2D eigenvalue weighted by atomic mass is 16.6. The van der Waals surface area contributed by atoms with Gasteiger partial charge in [0, 0.05) is 24.6 Å². The molecule has 2 N–H and O–H groups in total. The lowest BCUT2D eigenvalue weighted by molar-refractivity contribution is -0.550. The molecule has 12 heavy (non-hydrogen) atoms. The Morgan fingerprint density at radius 3 is 3.08 bits per heavy atom. The van der Waals surface area contributed by atoms with Gasteiger partial charge in [-0.1, -0.05) is 0 Å².